The van der Waals surface area contributed by atoms with E-state index in [1.807, 2.05) is 54.6 Å². The van der Waals surface area contributed by atoms with Crippen LogP contribution in [0.15, 0.2) is 59.7 Å². The lowest BCUT2D eigenvalue weighted by Crippen LogP contribution is -2.24. The smallest absolute Gasteiger partial charge is 0.144 e. The van der Waals surface area contributed by atoms with Gasteiger partial charge in [-0.2, -0.15) is 10.4 Å². The van der Waals surface area contributed by atoms with Gasteiger partial charge >= 0.3 is 0 Å². The fourth-order valence-electron chi connectivity index (χ4n) is 2.29. The maximum absolute atomic E-state index is 9.33. The molecule has 4 heteroatoms. The molecular weight excluding hydrogens is 270 g/mol. The molecule has 0 saturated heterocycles. The first-order valence-corrected chi connectivity index (χ1v) is 6.73. The minimum Gasteiger partial charge on any atom is -0.248 e. The summed E-state index contributed by atoms with van der Waals surface area (Å²) < 4.78 is 0. The number of hydrogen-bond donors (Lipinski definition) is 0. The minimum atomic E-state index is -0.288. The molecule has 1 heterocycles. The normalized spacial score (nSPS) is 17.7. The number of anilines is 1. The van der Waals surface area contributed by atoms with Crippen LogP contribution < -0.4 is 5.01 Å². The monoisotopic (exact) mass is 281 g/mol. The molecule has 1 aliphatic rings. The summed E-state index contributed by atoms with van der Waals surface area (Å²) in [5.41, 5.74) is 2.67. The Labute approximate surface area is 122 Å². The number of benzene rings is 2. The van der Waals surface area contributed by atoms with Gasteiger partial charge in [-0.1, -0.05) is 48.0 Å². The zero-order valence-electron chi connectivity index (χ0n) is 10.7. The van der Waals surface area contributed by atoms with E-state index >= 15 is 0 Å². The van der Waals surface area contributed by atoms with Gasteiger partial charge in [0.25, 0.3) is 0 Å². The van der Waals surface area contributed by atoms with Crippen molar-refractivity contribution < 1.29 is 0 Å². The molecular formula is C16H12ClN3. The van der Waals surface area contributed by atoms with Crippen molar-refractivity contribution in [2.45, 2.75) is 12.5 Å². The van der Waals surface area contributed by atoms with Crippen molar-refractivity contribution in [1.29, 1.82) is 5.26 Å². The van der Waals surface area contributed by atoms with Gasteiger partial charge in [0, 0.05) is 17.0 Å². The van der Waals surface area contributed by atoms with Gasteiger partial charge in [0.1, 0.15) is 6.04 Å². The van der Waals surface area contributed by atoms with Crippen LogP contribution in [0.3, 0.4) is 0 Å². The molecule has 0 radical (unpaired) electrons. The third kappa shape index (κ3) is 2.26. The lowest BCUT2D eigenvalue weighted by molar-refractivity contribution is 0.800. The van der Waals surface area contributed by atoms with Crippen LogP contribution in [-0.2, 0) is 0 Å². The van der Waals surface area contributed by atoms with Gasteiger partial charge in [0.05, 0.1) is 17.5 Å². The number of nitrogens with zero attached hydrogens (tertiary/aromatic N) is 3. The first kappa shape index (κ1) is 12.7. The van der Waals surface area contributed by atoms with Gasteiger partial charge in [0.15, 0.2) is 0 Å². The third-order valence-electron chi connectivity index (χ3n) is 3.26. The molecule has 0 saturated carbocycles. The standard InChI is InChI=1S/C16H12ClN3/c17-15-9-5-4-8-14(15)16-10-13(11-18)20(19-16)12-6-2-1-3-7-12/h1-9,13H,10H2. The lowest BCUT2D eigenvalue weighted by Gasteiger charge is -2.17. The molecule has 1 atom stereocenters. The summed E-state index contributed by atoms with van der Waals surface area (Å²) in [6.07, 6.45) is 0.578. The van der Waals surface area contributed by atoms with Crippen LogP contribution in [0.2, 0.25) is 5.02 Å². The average molecular weight is 282 g/mol. The SMILES string of the molecule is N#CC1CC(c2ccccc2Cl)=NN1c1ccccc1. The number of para-hydroxylation sites is 1. The quantitative estimate of drug-likeness (QED) is 0.839. The van der Waals surface area contributed by atoms with Gasteiger partial charge in [-0.15, -0.1) is 0 Å². The molecule has 3 nitrogen and oxygen atoms in total. The molecule has 1 aliphatic heterocycles. The largest absolute Gasteiger partial charge is 0.248 e. The predicted octanol–water partition coefficient (Wildman–Crippen LogP) is 3.85. The Morgan fingerprint density at radius 1 is 1.10 bits per heavy atom. The highest BCUT2D eigenvalue weighted by atomic mass is 35.5. The van der Waals surface area contributed by atoms with Crippen LogP contribution >= 0.6 is 11.6 Å². The second-order valence-electron chi connectivity index (χ2n) is 4.56. The molecule has 0 aromatic heterocycles. The molecule has 0 amide bonds. The summed E-state index contributed by atoms with van der Waals surface area (Å²) in [7, 11) is 0. The topological polar surface area (TPSA) is 39.4 Å². The Morgan fingerprint density at radius 3 is 2.50 bits per heavy atom. The Morgan fingerprint density at radius 2 is 1.80 bits per heavy atom. The maximum Gasteiger partial charge on any atom is 0.144 e. The molecule has 2 aromatic rings. The molecule has 0 fully saturated rings. The van der Waals surface area contributed by atoms with Gasteiger partial charge < -0.3 is 0 Å². The second kappa shape index (κ2) is 5.36. The molecule has 0 N–H and O–H groups in total. The van der Waals surface area contributed by atoms with Gasteiger partial charge in [-0.3, -0.25) is 0 Å². The van der Waals surface area contributed by atoms with Crippen LogP contribution in [-0.4, -0.2) is 11.8 Å². The van der Waals surface area contributed by atoms with Crippen molar-refractivity contribution >= 4 is 23.0 Å². The van der Waals surface area contributed by atoms with E-state index in [-0.39, 0.29) is 6.04 Å². The van der Waals surface area contributed by atoms with E-state index in [4.69, 9.17) is 11.6 Å². The van der Waals surface area contributed by atoms with E-state index in [0.29, 0.717) is 11.4 Å². The van der Waals surface area contributed by atoms with Gasteiger partial charge in [0.2, 0.25) is 0 Å². The summed E-state index contributed by atoms with van der Waals surface area (Å²) in [5.74, 6) is 0. The fourth-order valence-corrected chi connectivity index (χ4v) is 2.53. The van der Waals surface area contributed by atoms with Crippen molar-refractivity contribution in [3.63, 3.8) is 0 Å². The van der Waals surface area contributed by atoms with E-state index in [0.717, 1.165) is 17.0 Å². The number of hydrogen-bond acceptors (Lipinski definition) is 3. The zero-order valence-corrected chi connectivity index (χ0v) is 11.5. The highest BCUT2D eigenvalue weighted by Crippen LogP contribution is 2.28. The van der Waals surface area contributed by atoms with Crippen LogP contribution in [0.5, 0.6) is 0 Å². The molecule has 1 unspecified atom stereocenters. The van der Waals surface area contributed by atoms with E-state index in [2.05, 4.69) is 11.2 Å². The molecule has 3 rings (SSSR count). The average Bonchev–Trinajstić information content (AvgIpc) is 2.92. The van der Waals surface area contributed by atoms with E-state index in [1.54, 1.807) is 5.01 Å². The first-order valence-electron chi connectivity index (χ1n) is 6.36. The summed E-state index contributed by atoms with van der Waals surface area (Å²) >= 11 is 6.21. The molecule has 20 heavy (non-hydrogen) atoms. The van der Waals surface area contributed by atoms with Crippen molar-refractivity contribution in [2.75, 3.05) is 5.01 Å². The molecule has 0 spiro atoms. The van der Waals surface area contributed by atoms with Crippen LogP contribution in [0.4, 0.5) is 5.69 Å². The number of halogens is 1. The van der Waals surface area contributed by atoms with Gasteiger partial charge in [-0.25, -0.2) is 5.01 Å². The maximum atomic E-state index is 9.33. The molecule has 0 bridgehead atoms. The van der Waals surface area contributed by atoms with Crippen molar-refractivity contribution in [3.05, 3.63) is 65.2 Å². The summed E-state index contributed by atoms with van der Waals surface area (Å²) in [5, 5.41) is 16.3. The Bertz CT molecular complexity index is 688. The number of rotatable bonds is 2. The first-order chi connectivity index (χ1) is 9.79. The molecule has 98 valence electrons. The molecule has 2 aromatic carbocycles. The van der Waals surface area contributed by atoms with E-state index in [9.17, 15) is 5.26 Å². The summed E-state index contributed by atoms with van der Waals surface area (Å²) in [4.78, 5) is 0. The number of nitriles is 1. The predicted molar refractivity (Wildman–Crippen MR) is 80.9 cm³/mol. The Kier molecular flexibility index (Phi) is 3.41. The fraction of sp³-hybridized carbons (Fsp3) is 0.125. The van der Waals surface area contributed by atoms with E-state index in [1.165, 1.54) is 0 Å². The Hall–Kier alpha value is -2.31. The Balaban J connectivity index is 2.00. The van der Waals surface area contributed by atoms with Crippen LogP contribution in [0, 0.1) is 11.3 Å². The second-order valence-corrected chi connectivity index (χ2v) is 4.96. The number of hydrazone groups is 1. The zero-order chi connectivity index (χ0) is 13.9. The lowest BCUT2D eigenvalue weighted by atomic mass is 10.0. The van der Waals surface area contributed by atoms with Gasteiger partial charge in [-0.05, 0) is 18.2 Å². The highest BCUT2D eigenvalue weighted by Gasteiger charge is 2.28. The highest BCUT2D eigenvalue weighted by molar-refractivity contribution is 6.34. The van der Waals surface area contributed by atoms with Crippen LogP contribution in [0.25, 0.3) is 0 Å². The van der Waals surface area contributed by atoms with E-state index < -0.39 is 0 Å². The third-order valence-corrected chi connectivity index (χ3v) is 3.59. The van der Waals surface area contributed by atoms with Crippen LogP contribution in [0.1, 0.15) is 12.0 Å². The molecule has 0 aliphatic carbocycles. The van der Waals surface area contributed by atoms with Crippen molar-refractivity contribution in [3.8, 4) is 6.07 Å². The minimum absolute atomic E-state index is 0.288. The van der Waals surface area contributed by atoms with Crippen molar-refractivity contribution in [1.82, 2.24) is 0 Å². The summed E-state index contributed by atoms with van der Waals surface area (Å²) in [6, 6.07) is 19.3. The summed E-state index contributed by atoms with van der Waals surface area (Å²) in [6.45, 7) is 0. The van der Waals surface area contributed by atoms with Crippen molar-refractivity contribution in [2.24, 2.45) is 5.10 Å².